The zero-order chi connectivity index (χ0) is 14.0. The molecular formula is C11H9ClINO4S. The molecule has 19 heavy (non-hydrogen) atoms. The van der Waals surface area contributed by atoms with Crippen molar-refractivity contribution in [3.63, 3.8) is 0 Å². The van der Waals surface area contributed by atoms with E-state index in [2.05, 4.69) is 27.3 Å². The molecule has 0 aliphatic heterocycles. The topological polar surface area (TPSA) is 79.5 Å². The maximum atomic E-state index is 12.0. The number of nitrogens with one attached hydrogen (secondary N) is 1. The van der Waals surface area contributed by atoms with Gasteiger partial charge in [0, 0.05) is 3.57 Å². The number of aliphatic hydroxyl groups is 1. The number of benzene rings is 1. The van der Waals surface area contributed by atoms with Crippen LogP contribution in [0.3, 0.4) is 0 Å². The van der Waals surface area contributed by atoms with Crippen molar-refractivity contribution in [1.82, 2.24) is 0 Å². The summed E-state index contributed by atoms with van der Waals surface area (Å²) < 4.78 is 32.3. The highest BCUT2D eigenvalue weighted by molar-refractivity contribution is 14.1. The number of aliphatic hydroxyl groups excluding tert-OH is 1. The number of anilines is 1. The Balaban J connectivity index is 2.30. The number of sulfonamides is 1. The summed E-state index contributed by atoms with van der Waals surface area (Å²) in [6.07, 6.45) is 0. The van der Waals surface area contributed by atoms with Crippen molar-refractivity contribution in [3.8, 4) is 0 Å². The monoisotopic (exact) mass is 413 g/mol. The molecule has 0 spiro atoms. The summed E-state index contributed by atoms with van der Waals surface area (Å²) in [5, 5.41) is 8.87. The number of hydrogen-bond donors (Lipinski definition) is 2. The summed E-state index contributed by atoms with van der Waals surface area (Å²) in [6.45, 7) is -0.361. The van der Waals surface area contributed by atoms with Crippen LogP contribution >= 0.6 is 34.2 Å². The highest BCUT2D eigenvalue weighted by Gasteiger charge is 2.20. The first-order valence-corrected chi connectivity index (χ1v) is 8.04. The fourth-order valence-electron chi connectivity index (χ4n) is 1.35. The highest BCUT2D eigenvalue weighted by atomic mass is 127. The lowest BCUT2D eigenvalue weighted by Gasteiger charge is -2.07. The number of furan rings is 1. The van der Waals surface area contributed by atoms with Gasteiger partial charge in [-0.2, -0.15) is 8.42 Å². The second-order valence-electron chi connectivity index (χ2n) is 3.61. The van der Waals surface area contributed by atoms with Gasteiger partial charge in [0.2, 0.25) is 5.09 Å². The van der Waals surface area contributed by atoms with Crippen LogP contribution in [0, 0.1) is 3.57 Å². The first-order valence-electron chi connectivity index (χ1n) is 5.10. The molecule has 2 aromatic rings. The molecule has 2 rings (SSSR count). The van der Waals surface area contributed by atoms with Gasteiger partial charge in [-0.05, 0) is 52.9 Å². The zero-order valence-electron chi connectivity index (χ0n) is 9.43. The summed E-state index contributed by atoms with van der Waals surface area (Å²) in [5.41, 5.74) is 0.268. The van der Waals surface area contributed by atoms with E-state index in [1.165, 1.54) is 12.1 Å². The second-order valence-corrected chi connectivity index (χ2v) is 6.87. The smallest absolute Gasteiger partial charge is 0.295 e. The van der Waals surface area contributed by atoms with E-state index >= 15 is 0 Å². The van der Waals surface area contributed by atoms with Gasteiger partial charge in [-0.1, -0.05) is 11.6 Å². The Bertz CT molecular complexity index is 698. The second kappa shape index (κ2) is 5.70. The molecular weight excluding hydrogens is 405 g/mol. The standard InChI is InChI=1S/C11H9ClINO4S/c12-9-5-7(13)1-3-10(9)14-19(16,17)11-4-2-8(6-15)18-11/h1-5,14-15H,6H2. The Kier molecular flexibility index (Phi) is 4.39. The summed E-state index contributed by atoms with van der Waals surface area (Å²) in [7, 11) is -3.85. The molecule has 0 aliphatic carbocycles. The Morgan fingerprint density at radius 3 is 2.63 bits per heavy atom. The van der Waals surface area contributed by atoms with Crippen molar-refractivity contribution in [1.29, 1.82) is 0 Å². The van der Waals surface area contributed by atoms with Gasteiger partial charge in [0.1, 0.15) is 12.4 Å². The lowest BCUT2D eigenvalue weighted by Crippen LogP contribution is -2.12. The van der Waals surface area contributed by atoms with Crippen LogP contribution in [-0.4, -0.2) is 13.5 Å². The predicted octanol–water partition coefficient (Wildman–Crippen LogP) is 2.83. The molecule has 1 aromatic carbocycles. The minimum absolute atomic E-state index is 0.175. The predicted molar refractivity (Wildman–Crippen MR) is 79.6 cm³/mol. The molecule has 0 fully saturated rings. The lowest BCUT2D eigenvalue weighted by atomic mass is 10.3. The molecule has 0 amide bonds. The van der Waals surface area contributed by atoms with Gasteiger partial charge in [0.05, 0.1) is 10.7 Å². The van der Waals surface area contributed by atoms with Crippen molar-refractivity contribution in [2.24, 2.45) is 0 Å². The van der Waals surface area contributed by atoms with Gasteiger partial charge in [0.15, 0.2) is 0 Å². The van der Waals surface area contributed by atoms with Gasteiger partial charge in [-0.25, -0.2) is 0 Å². The van der Waals surface area contributed by atoms with Crippen LogP contribution in [0.2, 0.25) is 5.02 Å². The average molecular weight is 414 g/mol. The SMILES string of the molecule is O=S(=O)(Nc1ccc(I)cc1Cl)c1ccc(CO)o1. The molecule has 0 saturated heterocycles. The van der Waals surface area contributed by atoms with Gasteiger partial charge in [-0.15, -0.1) is 0 Å². The quantitative estimate of drug-likeness (QED) is 0.756. The van der Waals surface area contributed by atoms with Crippen LogP contribution in [0.1, 0.15) is 5.76 Å². The van der Waals surface area contributed by atoms with Gasteiger partial charge < -0.3 is 9.52 Å². The summed E-state index contributed by atoms with van der Waals surface area (Å²) in [5.74, 6) is 0.175. The van der Waals surface area contributed by atoms with Crippen molar-refractivity contribution in [2.45, 2.75) is 11.7 Å². The van der Waals surface area contributed by atoms with E-state index in [0.717, 1.165) is 3.57 Å². The van der Waals surface area contributed by atoms with Crippen LogP contribution in [-0.2, 0) is 16.6 Å². The molecule has 0 bridgehead atoms. The van der Waals surface area contributed by atoms with Crippen LogP contribution in [0.15, 0.2) is 39.8 Å². The normalized spacial score (nSPS) is 11.5. The van der Waals surface area contributed by atoms with E-state index in [1.807, 2.05) is 0 Å². The highest BCUT2D eigenvalue weighted by Crippen LogP contribution is 2.26. The van der Waals surface area contributed by atoms with E-state index in [0.29, 0.717) is 5.02 Å². The van der Waals surface area contributed by atoms with Crippen LogP contribution in [0.5, 0.6) is 0 Å². The lowest BCUT2D eigenvalue weighted by molar-refractivity contribution is 0.236. The average Bonchev–Trinajstić information content (AvgIpc) is 2.82. The molecule has 5 nitrogen and oxygen atoms in total. The van der Waals surface area contributed by atoms with Gasteiger partial charge in [0.25, 0.3) is 10.0 Å². The molecule has 1 aromatic heterocycles. The third-order valence-corrected chi connectivity index (χ3v) is 4.45. The molecule has 8 heteroatoms. The Hall–Kier alpha value is -0.770. The Morgan fingerprint density at radius 1 is 1.32 bits per heavy atom. The molecule has 0 radical (unpaired) electrons. The summed E-state index contributed by atoms with van der Waals surface area (Å²) >= 11 is 8.02. The van der Waals surface area contributed by atoms with Crippen molar-refractivity contribution in [3.05, 3.63) is 44.7 Å². The first kappa shape index (κ1) is 14.6. The first-order chi connectivity index (χ1) is 8.92. The third kappa shape index (κ3) is 3.41. The van der Waals surface area contributed by atoms with Gasteiger partial charge >= 0.3 is 0 Å². The van der Waals surface area contributed by atoms with Crippen LogP contribution < -0.4 is 4.72 Å². The molecule has 0 unspecified atom stereocenters. The Morgan fingerprint density at radius 2 is 2.05 bits per heavy atom. The van der Waals surface area contributed by atoms with E-state index in [1.54, 1.807) is 18.2 Å². The van der Waals surface area contributed by atoms with Gasteiger partial charge in [-0.3, -0.25) is 4.72 Å². The van der Waals surface area contributed by atoms with E-state index < -0.39 is 10.0 Å². The molecule has 0 aliphatic rings. The summed E-state index contributed by atoms with van der Waals surface area (Å²) in [4.78, 5) is 0. The maximum absolute atomic E-state index is 12.0. The van der Waals surface area contributed by atoms with Crippen molar-refractivity contribution in [2.75, 3.05) is 4.72 Å². The zero-order valence-corrected chi connectivity index (χ0v) is 13.2. The molecule has 2 N–H and O–H groups in total. The maximum Gasteiger partial charge on any atom is 0.295 e. The van der Waals surface area contributed by atoms with Crippen molar-refractivity contribution < 1.29 is 17.9 Å². The fourth-order valence-corrected chi connectivity index (χ4v) is 3.35. The van der Waals surface area contributed by atoms with Crippen LogP contribution in [0.4, 0.5) is 5.69 Å². The fraction of sp³-hybridized carbons (Fsp3) is 0.0909. The number of halogens is 2. The third-order valence-electron chi connectivity index (χ3n) is 2.23. The molecule has 1 heterocycles. The molecule has 0 saturated carbocycles. The minimum Gasteiger partial charge on any atom is -0.445 e. The van der Waals surface area contributed by atoms with E-state index in [-0.39, 0.29) is 23.1 Å². The molecule has 0 atom stereocenters. The Labute approximate surface area is 128 Å². The number of hydrogen-bond acceptors (Lipinski definition) is 4. The molecule has 102 valence electrons. The van der Waals surface area contributed by atoms with E-state index in [4.69, 9.17) is 21.1 Å². The van der Waals surface area contributed by atoms with Crippen molar-refractivity contribution >= 4 is 49.9 Å². The van der Waals surface area contributed by atoms with Crippen LogP contribution in [0.25, 0.3) is 0 Å². The minimum atomic E-state index is -3.85. The number of rotatable bonds is 4. The largest absolute Gasteiger partial charge is 0.445 e. The summed E-state index contributed by atoms with van der Waals surface area (Å²) in [6, 6.07) is 7.60. The van der Waals surface area contributed by atoms with E-state index in [9.17, 15) is 8.42 Å².